The Hall–Kier alpha value is -3.08. The van der Waals surface area contributed by atoms with Crippen LogP contribution < -0.4 is 5.32 Å². The number of allylic oxidation sites excluding steroid dienone is 4. The highest BCUT2D eigenvalue weighted by Gasteiger charge is 2.26. The van der Waals surface area contributed by atoms with Crippen molar-refractivity contribution in [2.75, 3.05) is 6.54 Å². The van der Waals surface area contributed by atoms with E-state index < -0.39 is 5.60 Å². The van der Waals surface area contributed by atoms with Crippen LogP contribution in [0, 0.1) is 0 Å². The number of rotatable bonds is 7. The van der Waals surface area contributed by atoms with Gasteiger partial charge in [0.25, 0.3) is 5.91 Å². The van der Waals surface area contributed by atoms with Gasteiger partial charge in [0.1, 0.15) is 5.60 Å². The molecule has 1 aromatic carbocycles. The molecule has 0 saturated heterocycles. The van der Waals surface area contributed by atoms with Gasteiger partial charge in [0.2, 0.25) is 0 Å². The maximum Gasteiger partial charge on any atom is 0.410 e. The van der Waals surface area contributed by atoms with Gasteiger partial charge in [0, 0.05) is 24.4 Å². The minimum atomic E-state index is -0.524. The molecule has 0 unspecified atom stereocenters. The molecule has 0 aliphatic carbocycles. The first-order valence-electron chi connectivity index (χ1n) is 11.1. The number of hydrogen-bond acceptors (Lipinski definition) is 3. The Bertz CT molecular complexity index is 964. The fourth-order valence-corrected chi connectivity index (χ4v) is 3.51. The summed E-state index contributed by atoms with van der Waals surface area (Å²) in [6.45, 7) is 22.8. The summed E-state index contributed by atoms with van der Waals surface area (Å²) < 4.78 is 5.47. The Kier molecular flexibility index (Phi) is 8.25. The molecule has 172 valence electrons. The second kappa shape index (κ2) is 10.5. The molecule has 2 amide bonds. The molecule has 5 nitrogen and oxygen atoms in total. The SMILES string of the molecule is C=C(/C=C(/C)C(=C)C(=C)CCC)NC(=O)c1ccc2c(c1)CCN(C(=O)OC(C)(C)C)C2. The van der Waals surface area contributed by atoms with Crippen LogP contribution in [-0.2, 0) is 17.7 Å². The molecule has 0 spiro atoms. The summed E-state index contributed by atoms with van der Waals surface area (Å²) in [5.41, 5.74) is 5.45. The van der Waals surface area contributed by atoms with Crippen LogP contribution in [-0.4, -0.2) is 29.0 Å². The molecule has 1 heterocycles. The van der Waals surface area contributed by atoms with Crippen molar-refractivity contribution >= 4 is 12.0 Å². The number of hydrogen-bond donors (Lipinski definition) is 1. The van der Waals surface area contributed by atoms with E-state index in [1.807, 2.05) is 45.9 Å². The van der Waals surface area contributed by atoms with Crippen LogP contribution in [0.25, 0.3) is 0 Å². The lowest BCUT2D eigenvalue weighted by atomic mass is 9.97. The van der Waals surface area contributed by atoms with Gasteiger partial charge in [-0.3, -0.25) is 4.79 Å². The van der Waals surface area contributed by atoms with Crippen LogP contribution in [0.3, 0.4) is 0 Å². The van der Waals surface area contributed by atoms with E-state index in [9.17, 15) is 9.59 Å². The average molecular weight is 437 g/mol. The van der Waals surface area contributed by atoms with Crippen molar-refractivity contribution in [3.63, 3.8) is 0 Å². The monoisotopic (exact) mass is 436 g/mol. The van der Waals surface area contributed by atoms with Crippen molar-refractivity contribution < 1.29 is 14.3 Å². The molecular weight excluding hydrogens is 400 g/mol. The maximum atomic E-state index is 12.7. The van der Waals surface area contributed by atoms with E-state index in [4.69, 9.17) is 4.74 Å². The lowest BCUT2D eigenvalue weighted by Crippen LogP contribution is -2.40. The lowest BCUT2D eigenvalue weighted by molar-refractivity contribution is 0.0223. The zero-order chi connectivity index (χ0) is 24.1. The predicted molar refractivity (Wildman–Crippen MR) is 130 cm³/mol. The maximum absolute atomic E-state index is 12.7. The third kappa shape index (κ3) is 6.98. The normalized spacial score (nSPS) is 13.8. The summed E-state index contributed by atoms with van der Waals surface area (Å²) in [5.74, 6) is -0.214. The van der Waals surface area contributed by atoms with Crippen molar-refractivity contribution in [1.82, 2.24) is 10.2 Å². The van der Waals surface area contributed by atoms with Gasteiger partial charge in [0.15, 0.2) is 0 Å². The molecule has 0 atom stereocenters. The molecule has 1 aromatic rings. The van der Waals surface area contributed by atoms with E-state index in [0.717, 1.165) is 40.7 Å². The van der Waals surface area contributed by atoms with Gasteiger partial charge >= 0.3 is 6.09 Å². The first kappa shape index (κ1) is 25.2. The van der Waals surface area contributed by atoms with Crippen molar-refractivity contribution in [3.05, 3.63) is 83.1 Å². The van der Waals surface area contributed by atoms with Crippen LogP contribution in [0.15, 0.2) is 66.4 Å². The number of nitrogens with zero attached hydrogens (tertiary/aromatic N) is 1. The third-order valence-corrected chi connectivity index (χ3v) is 5.25. The van der Waals surface area contributed by atoms with E-state index in [2.05, 4.69) is 32.0 Å². The van der Waals surface area contributed by atoms with Gasteiger partial charge in [0.05, 0.1) is 0 Å². The molecule has 0 aromatic heterocycles. The summed E-state index contributed by atoms with van der Waals surface area (Å²) in [7, 11) is 0. The molecule has 2 rings (SSSR count). The summed E-state index contributed by atoms with van der Waals surface area (Å²) in [5, 5.41) is 2.85. The highest BCUT2D eigenvalue weighted by atomic mass is 16.6. The largest absolute Gasteiger partial charge is 0.444 e. The summed E-state index contributed by atoms with van der Waals surface area (Å²) in [6, 6.07) is 5.57. The van der Waals surface area contributed by atoms with Gasteiger partial charge < -0.3 is 15.0 Å². The van der Waals surface area contributed by atoms with Gasteiger partial charge in [-0.15, -0.1) is 0 Å². The van der Waals surface area contributed by atoms with Gasteiger partial charge in [-0.1, -0.05) is 39.1 Å². The first-order chi connectivity index (χ1) is 14.9. The molecule has 1 aliphatic rings. The van der Waals surface area contributed by atoms with E-state index in [-0.39, 0.29) is 12.0 Å². The van der Waals surface area contributed by atoms with Crippen LogP contribution in [0.2, 0.25) is 0 Å². The molecule has 0 fully saturated rings. The Labute approximate surface area is 192 Å². The zero-order valence-corrected chi connectivity index (χ0v) is 20.1. The average Bonchev–Trinajstić information content (AvgIpc) is 2.71. The van der Waals surface area contributed by atoms with E-state index in [1.165, 1.54) is 0 Å². The van der Waals surface area contributed by atoms with Crippen molar-refractivity contribution in [2.45, 2.75) is 66.0 Å². The Morgan fingerprint density at radius 3 is 2.50 bits per heavy atom. The fraction of sp³-hybridized carbons (Fsp3) is 0.407. The van der Waals surface area contributed by atoms with Crippen molar-refractivity contribution in [3.8, 4) is 0 Å². The number of carbonyl (C=O) groups excluding carboxylic acids is 2. The van der Waals surface area contributed by atoms with E-state index >= 15 is 0 Å². The molecular formula is C27H36N2O3. The first-order valence-corrected chi connectivity index (χ1v) is 11.1. The molecule has 5 heteroatoms. The highest BCUT2D eigenvalue weighted by Crippen LogP contribution is 2.23. The summed E-state index contributed by atoms with van der Waals surface area (Å²) >= 11 is 0. The fourth-order valence-electron chi connectivity index (χ4n) is 3.51. The highest BCUT2D eigenvalue weighted by molar-refractivity contribution is 5.95. The third-order valence-electron chi connectivity index (χ3n) is 5.25. The minimum absolute atomic E-state index is 0.214. The molecule has 0 bridgehead atoms. The second-order valence-electron chi connectivity index (χ2n) is 9.27. The number of ether oxygens (including phenoxy) is 1. The van der Waals surface area contributed by atoms with E-state index in [0.29, 0.717) is 30.8 Å². The summed E-state index contributed by atoms with van der Waals surface area (Å²) in [6.07, 6.45) is 4.08. The molecule has 0 saturated carbocycles. The van der Waals surface area contributed by atoms with Crippen LogP contribution >= 0.6 is 0 Å². The standard InChI is InChI=1S/C27H36N2O3/c1-9-10-18(2)21(5)19(3)15-20(4)28-25(30)23-11-12-24-17-29(14-13-22(24)16-23)26(31)32-27(6,7)8/h11-12,15-16H,2,4-5,9-10,13-14,17H2,1,3,6-8H3,(H,28,30)/b19-15-. The molecule has 1 N–H and O–H groups in total. The minimum Gasteiger partial charge on any atom is -0.444 e. The van der Waals surface area contributed by atoms with Crippen LogP contribution in [0.5, 0.6) is 0 Å². The number of nitrogens with one attached hydrogen (secondary N) is 1. The molecule has 32 heavy (non-hydrogen) atoms. The van der Waals surface area contributed by atoms with Gasteiger partial charge in [-0.05, 0) is 86.6 Å². The lowest BCUT2D eigenvalue weighted by Gasteiger charge is -2.31. The van der Waals surface area contributed by atoms with Gasteiger partial charge in [-0.2, -0.15) is 0 Å². The molecule has 1 aliphatic heterocycles. The van der Waals surface area contributed by atoms with E-state index in [1.54, 1.807) is 11.0 Å². The topological polar surface area (TPSA) is 58.6 Å². The van der Waals surface area contributed by atoms with Crippen molar-refractivity contribution in [2.24, 2.45) is 0 Å². The summed E-state index contributed by atoms with van der Waals surface area (Å²) in [4.78, 5) is 26.8. The Balaban J connectivity index is 2.02. The number of carbonyl (C=O) groups is 2. The zero-order valence-electron chi connectivity index (χ0n) is 20.1. The predicted octanol–water partition coefficient (Wildman–Crippen LogP) is 6.08. The number of fused-ring (bicyclic) bond motifs is 1. The second-order valence-corrected chi connectivity index (χ2v) is 9.27. The van der Waals surface area contributed by atoms with Gasteiger partial charge in [-0.25, -0.2) is 4.79 Å². The van der Waals surface area contributed by atoms with Crippen molar-refractivity contribution in [1.29, 1.82) is 0 Å². The van der Waals surface area contributed by atoms with Crippen LogP contribution in [0.4, 0.5) is 4.79 Å². The smallest absolute Gasteiger partial charge is 0.410 e. The molecule has 0 radical (unpaired) electrons. The Morgan fingerprint density at radius 2 is 1.88 bits per heavy atom. The number of amides is 2. The Morgan fingerprint density at radius 1 is 1.19 bits per heavy atom. The number of benzene rings is 1. The quantitative estimate of drug-likeness (QED) is 0.527. The van der Waals surface area contributed by atoms with Crippen LogP contribution in [0.1, 0.15) is 68.9 Å².